The molecule has 0 saturated carbocycles. The molecule has 0 spiro atoms. The van der Waals surface area contributed by atoms with Crippen molar-refractivity contribution in [3.05, 3.63) is 40.6 Å². The highest BCUT2D eigenvalue weighted by Gasteiger charge is 2.27. The van der Waals surface area contributed by atoms with Gasteiger partial charge in [0.25, 0.3) is 0 Å². The fourth-order valence-electron chi connectivity index (χ4n) is 2.64. The third kappa shape index (κ3) is 2.14. The van der Waals surface area contributed by atoms with Gasteiger partial charge in [-0.1, -0.05) is 18.2 Å². The van der Waals surface area contributed by atoms with Crippen LogP contribution in [0.5, 0.6) is 0 Å². The van der Waals surface area contributed by atoms with Gasteiger partial charge in [-0.05, 0) is 47.3 Å². The van der Waals surface area contributed by atoms with Crippen LogP contribution in [0.4, 0.5) is 17.3 Å². The van der Waals surface area contributed by atoms with Crippen molar-refractivity contribution in [1.29, 1.82) is 0 Å². The number of para-hydroxylation sites is 1. The van der Waals surface area contributed by atoms with E-state index in [0.29, 0.717) is 11.9 Å². The highest BCUT2D eigenvalue weighted by atomic mass is 79.9. The van der Waals surface area contributed by atoms with E-state index >= 15 is 0 Å². The van der Waals surface area contributed by atoms with E-state index in [1.807, 2.05) is 0 Å². The maximum atomic E-state index is 5.49. The normalized spacial score (nSPS) is 17.8. The molecule has 2 heterocycles. The van der Waals surface area contributed by atoms with Gasteiger partial charge < -0.3 is 10.3 Å². The Bertz CT molecular complexity index is 631. The molecular weight excluding hydrogens is 318 g/mol. The molecule has 20 heavy (non-hydrogen) atoms. The van der Waals surface area contributed by atoms with Crippen LogP contribution in [0.3, 0.4) is 0 Å². The highest BCUT2D eigenvalue weighted by Crippen LogP contribution is 2.40. The minimum Gasteiger partial charge on any atom is -0.322 e. The number of nitrogens with two attached hydrogens (primary N) is 1. The van der Waals surface area contributed by atoms with Gasteiger partial charge in [-0.15, -0.1) is 0 Å². The smallest absolute Gasteiger partial charge is 0.159 e. The van der Waals surface area contributed by atoms with Crippen molar-refractivity contribution in [3.8, 4) is 0 Å². The number of fused-ring (bicyclic) bond motifs is 1. The number of aryl methyl sites for hydroxylation is 1. The van der Waals surface area contributed by atoms with Gasteiger partial charge >= 0.3 is 0 Å². The van der Waals surface area contributed by atoms with Crippen LogP contribution in [0.25, 0.3) is 0 Å². The summed E-state index contributed by atoms with van der Waals surface area (Å²) < 4.78 is 0.783. The molecule has 1 aromatic heterocycles. The van der Waals surface area contributed by atoms with Crippen molar-refractivity contribution < 1.29 is 0 Å². The van der Waals surface area contributed by atoms with Gasteiger partial charge in [0.15, 0.2) is 11.6 Å². The summed E-state index contributed by atoms with van der Waals surface area (Å²) in [5, 5.41) is 0. The maximum absolute atomic E-state index is 5.49. The lowest BCUT2D eigenvalue weighted by Gasteiger charge is -2.36. The molecule has 6 heteroatoms. The van der Waals surface area contributed by atoms with Crippen LogP contribution in [0, 0.1) is 0 Å². The summed E-state index contributed by atoms with van der Waals surface area (Å²) in [4.78, 5) is 10.8. The second kappa shape index (κ2) is 5.38. The standard InChI is InChI=1S/C14H16BrN5/c1-9-6-7-10-4-2-3-5-11(10)20(9)14-12(15)13(19-16)17-8-18-14/h2-5,8-9H,6-7,16H2,1H3,(H,17,18,19). The number of hydrogen-bond donors (Lipinski definition) is 2. The Balaban J connectivity index is 2.14. The molecule has 3 rings (SSSR count). The Kier molecular flexibility index (Phi) is 3.58. The predicted octanol–water partition coefficient (Wildman–Crippen LogP) is 3.00. The van der Waals surface area contributed by atoms with Gasteiger partial charge in [0.05, 0.1) is 0 Å². The first-order chi connectivity index (χ1) is 9.72. The molecule has 0 saturated heterocycles. The van der Waals surface area contributed by atoms with E-state index in [9.17, 15) is 0 Å². The molecule has 2 aromatic rings. The van der Waals surface area contributed by atoms with Crippen molar-refractivity contribution in [2.45, 2.75) is 25.8 Å². The maximum Gasteiger partial charge on any atom is 0.159 e. The van der Waals surface area contributed by atoms with Gasteiger partial charge in [-0.3, -0.25) is 0 Å². The number of aromatic nitrogens is 2. The molecule has 1 aliphatic rings. The summed E-state index contributed by atoms with van der Waals surface area (Å²) in [7, 11) is 0. The second-order valence-corrected chi connectivity index (χ2v) is 5.68. The van der Waals surface area contributed by atoms with Crippen LogP contribution in [0.15, 0.2) is 35.1 Å². The minimum absolute atomic E-state index is 0.377. The lowest BCUT2D eigenvalue weighted by Crippen LogP contribution is -2.34. The van der Waals surface area contributed by atoms with Crippen LogP contribution >= 0.6 is 15.9 Å². The lowest BCUT2D eigenvalue weighted by atomic mass is 9.97. The van der Waals surface area contributed by atoms with E-state index in [1.165, 1.54) is 17.6 Å². The molecule has 5 nitrogen and oxygen atoms in total. The van der Waals surface area contributed by atoms with E-state index in [-0.39, 0.29) is 0 Å². The van der Waals surface area contributed by atoms with E-state index < -0.39 is 0 Å². The van der Waals surface area contributed by atoms with Gasteiger partial charge in [-0.25, -0.2) is 15.8 Å². The first-order valence-corrected chi connectivity index (χ1v) is 7.36. The van der Waals surface area contributed by atoms with E-state index in [2.05, 4.69) is 67.4 Å². The topological polar surface area (TPSA) is 67.1 Å². The molecule has 0 radical (unpaired) electrons. The van der Waals surface area contributed by atoms with Crippen molar-refractivity contribution in [2.75, 3.05) is 10.3 Å². The molecule has 0 amide bonds. The summed E-state index contributed by atoms with van der Waals surface area (Å²) >= 11 is 3.55. The molecule has 0 bridgehead atoms. The van der Waals surface area contributed by atoms with E-state index in [1.54, 1.807) is 0 Å². The molecule has 1 aromatic carbocycles. The average molecular weight is 334 g/mol. The molecule has 104 valence electrons. The second-order valence-electron chi connectivity index (χ2n) is 4.89. The number of hydrazine groups is 1. The largest absolute Gasteiger partial charge is 0.322 e. The Morgan fingerprint density at radius 3 is 2.95 bits per heavy atom. The van der Waals surface area contributed by atoms with Crippen molar-refractivity contribution in [2.24, 2.45) is 5.84 Å². The van der Waals surface area contributed by atoms with E-state index in [4.69, 9.17) is 5.84 Å². The molecular formula is C14H16BrN5. The summed E-state index contributed by atoms with van der Waals surface area (Å²) in [6, 6.07) is 8.82. The Morgan fingerprint density at radius 1 is 1.35 bits per heavy atom. The summed E-state index contributed by atoms with van der Waals surface area (Å²) in [6.07, 6.45) is 3.72. The first kappa shape index (κ1) is 13.3. The Morgan fingerprint density at radius 2 is 2.15 bits per heavy atom. The van der Waals surface area contributed by atoms with Crippen LogP contribution in [-0.4, -0.2) is 16.0 Å². The number of hydrogen-bond acceptors (Lipinski definition) is 5. The lowest BCUT2D eigenvalue weighted by molar-refractivity contribution is 0.612. The third-order valence-electron chi connectivity index (χ3n) is 3.66. The number of rotatable bonds is 2. The predicted molar refractivity (Wildman–Crippen MR) is 83.9 cm³/mol. The van der Waals surface area contributed by atoms with Crippen LogP contribution in [0.1, 0.15) is 18.9 Å². The van der Waals surface area contributed by atoms with Gasteiger partial charge in [0.1, 0.15) is 10.8 Å². The fourth-order valence-corrected chi connectivity index (χ4v) is 3.15. The monoisotopic (exact) mass is 333 g/mol. The zero-order chi connectivity index (χ0) is 14.1. The highest BCUT2D eigenvalue weighted by molar-refractivity contribution is 9.10. The molecule has 3 N–H and O–H groups in total. The summed E-state index contributed by atoms with van der Waals surface area (Å²) in [6.45, 7) is 2.21. The molecule has 1 unspecified atom stereocenters. The minimum atomic E-state index is 0.377. The fraction of sp³-hybridized carbons (Fsp3) is 0.286. The van der Waals surface area contributed by atoms with Gasteiger partial charge in [-0.2, -0.15) is 0 Å². The molecule has 1 aliphatic heterocycles. The van der Waals surface area contributed by atoms with Crippen molar-refractivity contribution in [1.82, 2.24) is 9.97 Å². The van der Waals surface area contributed by atoms with Gasteiger partial charge in [0, 0.05) is 11.7 Å². The number of anilines is 3. The summed E-state index contributed by atoms with van der Waals surface area (Å²) in [5.41, 5.74) is 5.14. The number of nitrogens with zero attached hydrogens (tertiary/aromatic N) is 3. The van der Waals surface area contributed by atoms with E-state index in [0.717, 1.165) is 23.1 Å². The van der Waals surface area contributed by atoms with Crippen molar-refractivity contribution in [3.63, 3.8) is 0 Å². The average Bonchev–Trinajstić information content (AvgIpc) is 2.48. The number of nitrogen functional groups attached to an aromatic ring is 1. The third-order valence-corrected chi connectivity index (χ3v) is 4.39. The first-order valence-electron chi connectivity index (χ1n) is 6.56. The van der Waals surface area contributed by atoms with Crippen LogP contribution in [-0.2, 0) is 6.42 Å². The number of nitrogens with one attached hydrogen (secondary N) is 1. The van der Waals surface area contributed by atoms with Gasteiger partial charge in [0.2, 0.25) is 0 Å². The number of halogens is 1. The number of benzene rings is 1. The van der Waals surface area contributed by atoms with Crippen LogP contribution < -0.4 is 16.2 Å². The molecule has 0 aliphatic carbocycles. The molecule has 0 fully saturated rings. The van der Waals surface area contributed by atoms with Crippen LogP contribution in [0.2, 0.25) is 0 Å². The Labute approximate surface area is 126 Å². The molecule has 1 atom stereocenters. The zero-order valence-electron chi connectivity index (χ0n) is 11.2. The van der Waals surface area contributed by atoms with Crippen molar-refractivity contribution >= 4 is 33.3 Å². The zero-order valence-corrected chi connectivity index (χ0v) is 12.8. The SMILES string of the molecule is CC1CCc2ccccc2N1c1ncnc(NN)c1Br. The summed E-state index contributed by atoms with van der Waals surface area (Å²) in [5.74, 6) is 6.92. The quantitative estimate of drug-likeness (QED) is 0.653. The Hall–Kier alpha value is -1.66.